The summed E-state index contributed by atoms with van der Waals surface area (Å²) in [7, 11) is 0. The Bertz CT molecular complexity index is 853. The van der Waals surface area contributed by atoms with Gasteiger partial charge in [-0.05, 0) is 17.7 Å². The van der Waals surface area contributed by atoms with Gasteiger partial charge in [0, 0.05) is 24.7 Å². The summed E-state index contributed by atoms with van der Waals surface area (Å²) in [4.78, 5) is 25.6. The van der Waals surface area contributed by atoms with Crippen molar-refractivity contribution in [2.24, 2.45) is 0 Å². The molecule has 0 aliphatic carbocycles. The summed E-state index contributed by atoms with van der Waals surface area (Å²) in [6.45, 7) is 1.99. The predicted molar refractivity (Wildman–Crippen MR) is 113 cm³/mol. The van der Waals surface area contributed by atoms with E-state index in [1.807, 2.05) is 30.3 Å². The molecule has 0 saturated heterocycles. The van der Waals surface area contributed by atoms with E-state index in [4.69, 9.17) is 39.5 Å². The summed E-state index contributed by atoms with van der Waals surface area (Å²) in [5.74, 6) is 0.150. The van der Waals surface area contributed by atoms with Gasteiger partial charge in [-0.1, -0.05) is 78.1 Å². The number of amides is 2. The van der Waals surface area contributed by atoms with Crippen LogP contribution >= 0.6 is 34.8 Å². The van der Waals surface area contributed by atoms with Gasteiger partial charge in [-0.2, -0.15) is 0 Å². The summed E-state index contributed by atoms with van der Waals surface area (Å²) < 4.78 is 5.34. The number of benzene rings is 2. The van der Waals surface area contributed by atoms with Gasteiger partial charge in [-0.3, -0.25) is 9.69 Å². The van der Waals surface area contributed by atoms with Crippen LogP contribution in [0.15, 0.2) is 64.1 Å². The Morgan fingerprint density at radius 2 is 1.75 bits per heavy atom. The van der Waals surface area contributed by atoms with Crippen LogP contribution in [0.3, 0.4) is 0 Å². The minimum Gasteiger partial charge on any atom is -0.410 e. The first-order chi connectivity index (χ1) is 13.4. The molecule has 8 heteroatoms. The fourth-order valence-corrected chi connectivity index (χ4v) is 2.53. The molecule has 5 nitrogen and oxygen atoms in total. The van der Waals surface area contributed by atoms with Crippen LogP contribution in [0.25, 0.3) is 0 Å². The van der Waals surface area contributed by atoms with Gasteiger partial charge in [0.1, 0.15) is 10.2 Å². The maximum Gasteiger partial charge on any atom is 0.415 e. The van der Waals surface area contributed by atoms with E-state index >= 15 is 0 Å². The Labute approximate surface area is 178 Å². The Kier molecular flexibility index (Phi) is 8.64. The number of anilines is 1. The zero-order valence-corrected chi connectivity index (χ0v) is 17.4. The van der Waals surface area contributed by atoms with Crippen LogP contribution in [-0.2, 0) is 11.3 Å². The summed E-state index contributed by atoms with van der Waals surface area (Å²) in [6.07, 6.45) is -0.283. The third kappa shape index (κ3) is 7.08. The van der Waals surface area contributed by atoms with Crippen LogP contribution in [0.2, 0.25) is 0 Å². The number of hydrogen-bond acceptors (Lipinski definition) is 3. The smallest absolute Gasteiger partial charge is 0.410 e. The van der Waals surface area contributed by atoms with Crippen LogP contribution in [0.1, 0.15) is 18.9 Å². The largest absolute Gasteiger partial charge is 0.415 e. The molecular weight excluding hydrogens is 423 g/mol. The number of carbonyl (C=O) groups is 2. The Morgan fingerprint density at radius 3 is 2.39 bits per heavy atom. The van der Waals surface area contributed by atoms with Crippen molar-refractivity contribution in [3.63, 3.8) is 0 Å². The van der Waals surface area contributed by atoms with Gasteiger partial charge >= 0.3 is 6.09 Å². The monoisotopic (exact) mass is 440 g/mol. The van der Waals surface area contributed by atoms with Gasteiger partial charge in [-0.15, -0.1) is 0 Å². The lowest BCUT2D eigenvalue weighted by molar-refractivity contribution is -0.115. The van der Waals surface area contributed by atoms with Crippen molar-refractivity contribution in [3.05, 3.63) is 69.7 Å². The molecule has 0 spiro atoms. The number of nitrogens with one attached hydrogen (secondary N) is 1. The molecule has 2 amide bonds. The molecule has 2 aromatic rings. The maximum atomic E-state index is 12.7. The van der Waals surface area contributed by atoms with E-state index in [0.29, 0.717) is 12.1 Å². The zero-order chi connectivity index (χ0) is 20.5. The van der Waals surface area contributed by atoms with E-state index in [-0.39, 0.29) is 34.3 Å². The summed E-state index contributed by atoms with van der Waals surface area (Å²) >= 11 is 17.5. The number of nitrogens with zero attached hydrogens (tertiary/aromatic N) is 1. The van der Waals surface area contributed by atoms with Crippen LogP contribution < -0.4 is 10.1 Å². The molecule has 0 aliphatic heterocycles. The van der Waals surface area contributed by atoms with Crippen LogP contribution in [-0.4, -0.2) is 23.4 Å². The van der Waals surface area contributed by atoms with E-state index in [2.05, 4.69) is 5.32 Å². The molecule has 0 aliphatic rings. The fraction of sp³-hybridized carbons (Fsp3) is 0.200. The third-order valence-corrected chi connectivity index (χ3v) is 4.61. The van der Waals surface area contributed by atoms with Crippen LogP contribution in [0.4, 0.5) is 10.5 Å². The van der Waals surface area contributed by atoms with Gasteiger partial charge in [0.05, 0.1) is 11.6 Å². The molecule has 2 aromatic carbocycles. The molecule has 2 rings (SSSR count). The second-order valence-electron chi connectivity index (χ2n) is 5.80. The molecule has 0 atom stereocenters. The molecular formula is C20H19Cl3N2O3. The highest BCUT2D eigenvalue weighted by Gasteiger charge is 2.19. The molecule has 0 aromatic heterocycles. The summed E-state index contributed by atoms with van der Waals surface area (Å²) in [5, 5.41) is 2.84. The highest BCUT2D eigenvalue weighted by molar-refractivity contribution is 6.59. The lowest BCUT2D eigenvalue weighted by Gasteiger charge is -2.22. The van der Waals surface area contributed by atoms with Gasteiger partial charge in [0.2, 0.25) is 5.91 Å². The second kappa shape index (κ2) is 11.0. The van der Waals surface area contributed by atoms with Gasteiger partial charge < -0.3 is 10.1 Å². The average Bonchev–Trinajstić information content (AvgIpc) is 2.68. The van der Waals surface area contributed by atoms with E-state index in [1.165, 1.54) is 4.90 Å². The second-order valence-corrected chi connectivity index (χ2v) is 7.21. The number of carbonyl (C=O) groups excluding carboxylic acids is 2. The number of rotatable bonds is 7. The van der Waals surface area contributed by atoms with Crippen molar-refractivity contribution in [2.75, 3.05) is 11.9 Å². The standard InChI is InChI=1S/C20H19Cl3N2O3/c1-2-18(26)24-15-9-6-10-16(11-15)28-20(27)25(13-17(21)19(22)23)12-14-7-4-3-5-8-14/h3-11H,2,12-13H2,1H3,(H,24,26). The van der Waals surface area contributed by atoms with E-state index in [0.717, 1.165) is 5.56 Å². The van der Waals surface area contributed by atoms with E-state index < -0.39 is 6.09 Å². The predicted octanol–water partition coefficient (Wildman–Crippen LogP) is 5.92. The normalized spacial score (nSPS) is 10.1. The Hall–Kier alpha value is -2.21. The molecule has 0 bridgehead atoms. The Morgan fingerprint density at radius 1 is 1.04 bits per heavy atom. The molecule has 0 saturated carbocycles. The minimum absolute atomic E-state index is 0.0100. The van der Waals surface area contributed by atoms with Crippen molar-refractivity contribution >= 4 is 52.5 Å². The summed E-state index contributed by atoms with van der Waals surface area (Å²) in [6, 6.07) is 15.9. The first-order valence-electron chi connectivity index (χ1n) is 8.49. The highest BCUT2D eigenvalue weighted by Crippen LogP contribution is 2.22. The fourth-order valence-electron chi connectivity index (χ4n) is 2.27. The highest BCUT2D eigenvalue weighted by atomic mass is 35.5. The topological polar surface area (TPSA) is 58.6 Å². The molecule has 0 unspecified atom stereocenters. The van der Waals surface area contributed by atoms with Crippen molar-refractivity contribution in [1.29, 1.82) is 0 Å². The van der Waals surface area contributed by atoms with E-state index in [9.17, 15) is 9.59 Å². The van der Waals surface area contributed by atoms with Gasteiger partial charge in [0.25, 0.3) is 0 Å². The first kappa shape index (κ1) is 22.1. The quantitative estimate of drug-likeness (QED) is 0.580. The molecule has 1 N–H and O–H groups in total. The van der Waals surface area contributed by atoms with Crippen LogP contribution in [0.5, 0.6) is 5.75 Å². The lowest BCUT2D eigenvalue weighted by Crippen LogP contribution is -2.34. The Balaban J connectivity index is 2.16. The first-order valence-corrected chi connectivity index (χ1v) is 9.62. The zero-order valence-electron chi connectivity index (χ0n) is 15.1. The maximum absolute atomic E-state index is 12.7. The molecule has 148 valence electrons. The molecule has 28 heavy (non-hydrogen) atoms. The summed E-state index contributed by atoms with van der Waals surface area (Å²) in [5.41, 5.74) is 1.42. The van der Waals surface area contributed by atoms with Crippen molar-refractivity contribution in [1.82, 2.24) is 4.90 Å². The van der Waals surface area contributed by atoms with Gasteiger partial charge in [0.15, 0.2) is 0 Å². The van der Waals surface area contributed by atoms with Gasteiger partial charge in [-0.25, -0.2) is 4.79 Å². The molecule has 0 heterocycles. The minimum atomic E-state index is -0.629. The average molecular weight is 442 g/mol. The number of hydrogen-bond donors (Lipinski definition) is 1. The SMILES string of the molecule is CCC(=O)Nc1cccc(OC(=O)N(CC(Cl)=C(Cl)Cl)Cc2ccccc2)c1. The van der Waals surface area contributed by atoms with Crippen molar-refractivity contribution in [2.45, 2.75) is 19.9 Å². The molecule has 0 fully saturated rings. The van der Waals surface area contributed by atoms with Crippen molar-refractivity contribution in [3.8, 4) is 5.75 Å². The van der Waals surface area contributed by atoms with Crippen LogP contribution in [0, 0.1) is 0 Å². The lowest BCUT2D eigenvalue weighted by atomic mass is 10.2. The van der Waals surface area contributed by atoms with E-state index in [1.54, 1.807) is 31.2 Å². The number of ether oxygens (including phenoxy) is 1. The van der Waals surface area contributed by atoms with Crippen molar-refractivity contribution < 1.29 is 14.3 Å². The third-order valence-electron chi connectivity index (χ3n) is 3.65. The number of halogens is 3. The molecule has 0 radical (unpaired) electrons.